The Morgan fingerprint density at radius 1 is 0.944 bits per heavy atom. The molecular formula is C13H8Br3ClO. The van der Waals surface area contributed by atoms with E-state index in [-0.39, 0.29) is 0 Å². The van der Waals surface area contributed by atoms with Gasteiger partial charge in [-0.05, 0) is 30.3 Å². The predicted molar refractivity (Wildman–Crippen MR) is 86.0 cm³/mol. The average molecular weight is 455 g/mol. The molecule has 0 saturated carbocycles. The first-order chi connectivity index (χ1) is 8.60. The molecule has 0 atom stereocenters. The Hall–Kier alpha value is -0.0300. The van der Waals surface area contributed by atoms with Crippen LogP contribution in [0.15, 0.2) is 45.3 Å². The highest BCUT2D eigenvalue weighted by atomic mass is 79.9. The largest absolute Gasteiger partial charge is 0.455 e. The van der Waals surface area contributed by atoms with Crippen LogP contribution in [0.25, 0.3) is 0 Å². The van der Waals surface area contributed by atoms with Crippen molar-refractivity contribution >= 4 is 59.4 Å². The lowest BCUT2D eigenvalue weighted by Gasteiger charge is -2.11. The Morgan fingerprint density at radius 2 is 1.56 bits per heavy atom. The molecule has 5 heteroatoms. The molecule has 0 saturated heterocycles. The Kier molecular flexibility index (Phi) is 5.13. The standard InChI is InChI=1S/C13H8Br3ClO/c14-7-8-1-2-9(15)5-12(8)18-13-6-10(16)3-4-11(13)17/h1-6H,7H2. The lowest BCUT2D eigenvalue weighted by molar-refractivity contribution is 0.478. The SMILES string of the molecule is Clc1ccc(Br)cc1Oc1cc(Br)ccc1CBr. The van der Waals surface area contributed by atoms with Gasteiger partial charge < -0.3 is 4.74 Å². The third-order valence-corrected chi connectivity index (χ3v) is 4.19. The molecule has 2 aromatic carbocycles. The topological polar surface area (TPSA) is 9.23 Å². The summed E-state index contributed by atoms with van der Waals surface area (Å²) in [5.74, 6) is 1.41. The molecule has 2 rings (SSSR count). The summed E-state index contributed by atoms with van der Waals surface area (Å²) < 4.78 is 7.76. The molecule has 0 unspecified atom stereocenters. The molecule has 94 valence electrons. The van der Waals surface area contributed by atoms with Crippen molar-refractivity contribution in [1.29, 1.82) is 0 Å². The zero-order valence-electron chi connectivity index (χ0n) is 9.09. The quantitative estimate of drug-likeness (QED) is 0.477. The summed E-state index contributed by atoms with van der Waals surface area (Å²) in [6.45, 7) is 0. The number of benzene rings is 2. The van der Waals surface area contributed by atoms with Crippen molar-refractivity contribution in [2.75, 3.05) is 0 Å². The molecule has 0 aliphatic heterocycles. The highest BCUT2D eigenvalue weighted by Crippen LogP contribution is 2.35. The van der Waals surface area contributed by atoms with E-state index in [0.717, 1.165) is 25.6 Å². The number of hydrogen-bond acceptors (Lipinski definition) is 1. The third kappa shape index (κ3) is 3.50. The molecule has 0 spiro atoms. The highest BCUT2D eigenvalue weighted by molar-refractivity contribution is 9.10. The van der Waals surface area contributed by atoms with E-state index < -0.39 is 0 Å². The van der Waals surface area contributed by atoms with Gasteiger partial charge in [0.15, 0.2) is 0 Å². The first-order valence-corrected chi connectivity index (χ1v) is 8.16. The van der Waals surface area contributed by atoms with Crippen LogP contribution >= 0.6 is 59.4 Å². The van der Waals surface area contributed by atoms with E-state index in [1.54, 1.807) is 6.07 Å². The minimum Gasteiger partial charge on any atom is -0.455 e. The van der Waals surface area contributed by atoms with E-state index in [2.05, 4.69) is 47.8 Å². The van der Waals surface area contributed by atoms with Crippen molar-refractivity contribution in [1.82, 2.24) is 0 Å². The summed E-state index contributed by atoms with van der Waals surface area (Å²) in [7, 11) is 0. The first-order valence-electron chi connectivity index (χ1n) is 5.07. The fourth-order valence-corrected chi connectivity index (χ4v) is 2.71. The molecule has 0 aliphatic rings. The van der Waals surface area contributed by atoms with Crippen molar-refractivity contribution in [3.8, 4) is 11.5 Å². The molecule has 0 bridgehead atoms. The fraction of sp³-hybridized carbons (Fsp3) is 0.0769. The lowest BCUT2D eigenvalue weighted by atomic mass is 10.2. The van der Waals surface area contributed by atoms with Gasteiger partial charge in [-0.15, -0.1) is 0 Å². The molecular weight excluding hydrogens is 447 g/mol. The maximum Gasteiger partial charge on any atom is 0.147 e. The summed E-state index contributed by atoms with van der Waals surface area (Å²) in [5.41, 5.74) is 1.06. The molecule has 2 aromatic rings. The van der Waals surface area contributed by atoms with E-state index in [1.165, 1.54) is 0 Å². The second kappa shape index (κ2) is 6.42. The van der Waals surface area contributed by atoms with Gasteiger partial charge >= 0.3 is 0 Å². The zero-order chi connectivity index (χ0) is 13.1. The maximum absolute atomic E-state index is 6.11. The summed E-state index contributed by atoms with van der Waals surface area (Å²) in [4.78, 5) is 0. The van der Waals surface area contributed by atoms with Crippen molar-refractivity contribution in [2.45, 2.75) is 5.33 Å². The van der Waals surface area contributed by atoms with Crippen LogP contribution in [0, 0.1) is 0 Å². The van der Waals surface area contributed by atoms with Gasteiger partial charge in [-0.25, -0.2) is 0 Å². The third-order valence-electron chi connectivity index (χ3n) is 2.29. The normalized spacial score (nSPS) is 10.4. The lowest BCUT2D eigenvalue weighted by Crippen LogP contribution is -1.90. The van der Waals surface area contributed by atoms with Crippen LogP contribution in [0.5, 0.6) is 11.5 Å². The van der Waals surface area contributed by atoms with E-state index in [0.29, 0.717) is 10.8 Å². The Labute approximate surface area is 136 Å². The van der Waals surface area contributed by atoms with E-state index in [1.807, 2.05) is 30.3 Å². The molecule has 0 radical (unpaired) electrons. The summed E-state index contributed by atoms with van der Waals surface area (Å²) >= 11 is 16.4. The van der Waals surface area contributed by atoms with Crippen molar-refractivity contribution in [3.63, 3.8) is 0 Å². The number of rotatable bonds is 3. The molecule has 0 aliphatic carbocycles. The van der Waals surface area contributed by atoms with Gasteiger partial charge in [0, 0.05) is 19.8 Å². The summed E-state index contributed by atoms with van der Waals surface area (Å²) in [6, 6.07) is 11.4. The summed E-state index contributed by atoms with van der Waals surface area (Å²) in [6.07, 6.45) is 0. The van der Waals surface area contributed by atoms with Crippen LogP contribution in [0.4, 0.5) is 0 Å². The molecule has 0 heterocycles. The van der Waals surface area contributed by atoms with Crippen molar-refractivity contribution in [2.24, 2.45) is 0 Å². The minimum atomic E-state index is 0.582. The smallest absolute Gasteiger partial charge is 0.147 e. The van der Waals surface area contributed by atoms with E-state index in [9.17, 15) is 0 Å². The Bertz CT molecular complexity index is 572. The van der Waals surface area contributed by atoms with Crippen molar-refractivity contribution < 1.29 is 4.74 Å². The number of alkyl halides is 1. The number of hydrogen-bond donors (Lipinski definition) is 0. The second-order valence-corrected chi connectivity index (χ2v) is 6.36. The molecule has 1 nitrogen and oxygen atoms in total. The highest BCUT2D eigenvalue weighted by Gasteiger charge is 2.08. The summed E-state index contributed by atoms with van der Waals surface area (Å²) in [5, 5.41) is 1.31. The predicted octanol–water partition coefficient (Wildman–Crippen LogP) is 6.55. The molecule has 18 heavy (non-hydrogen) atoms. The first kappa shape index (κ1) is 14.4. The van der Waals surface area contributed by atoms with Crippen LogP contribution in [-0.2, 0) is 5.33 Å². The van der Waals surface area contributed by atoms with Gasteiger partial charge in [-0.1, -0.05) is 65.5 Å². The van der Waals surface area contributed by atoms with Crippen LogP contribution in [0.3, 0.4) is 0 Å². The maximum atomic E-state index is 6.11. The zero-order valence-corrected chi connectivity index (χ0v) is 14.6. The fourth-order valence-electron chi connectivity index (χ4n) is 1.41. The monoisotopic (exact) mass is 452 g/mol. The van der Waals surface area contributed by atoms with Crippen LogP contribution < -0.4 is 4.74 Å². The van der Waals surface area contributed by atoms with Gasteiger partial charge in [0.1, 0.15) is 11.5 Å². The van der Waals surface area contributed by atoms with Crippen molar-refractivity contribution in [3.05, 3.63) is 55.9 Å². The van der Waals surface area contributed by atoms with E-state index in [4.69, 9.17) is 16.3 Å². The van der Waals surface area contributed by atoms with Gasteiger partial charge in [-0.3, -0.25) is 0 Å². The Morgan fingerprint density at radius 3 is 2.22 bits per heavy atom. The second-order valence-electron chi connectivity index (χ2n) is 3.56. The number of halogens is 4. The van der Waals surface area contributed by atoms with Crippen LogP contribution in [0.2, 0.25) is 5.02 Å². The average Bonchev–Trinajstić information content (AvgIpc) is 2.34. The van der Waals surface area contributed by atoms with E-state index >= 15 is 0 Å². The number of ether oxygens (including phenoxy) is 1. The molecule has 0 aromatic heterocycles. The van der Waals surface area contributed by atoms with Crippen LogP contribution in [0.1, 0.15) is 5.56 Å². The van der Waals surface area contributed by atoms with Gasteiger partial charge in [0.25, 0.3) is 0 Å². The molecule has 0 N–H and O–H groups in total. The van der Waals surface area contributed by atoms with Gasteiger partial charge in [0.2, 0.25) is 0 Å². The van der Waals surface area contributed by atoms with Gasteiger partial charge in [-0.2, -0.15) is 0 Å². The van der Waals surface area contributed by atoms with Crippen LogP contribution in [-0.4, -0.2) is 0 Å². The van der Waals surface area contributed by atoms with Gasteiger partial charge in [0.05, 0.1) is 5.02 Å². The molecule has 0 fully saturated rings. The molecule has 0 amide bonds. The minimum absolute atomic E-state index is 0.582. The Balaban J connectivity index is 2.38.